The first-order chi connectivity index (χ1) is 3.84. The van der Waals surface area contributed by atoms with E-state index in [0.717, 1.165) is 11.3 Å². The van der Waals surface area contributed by atoms with Crippen molar-refractivity contribution in [3.63, 3.8) is 0 Å². The summed E-state index contributed by atoms with van der Waals surface area (Å²) in [5.74, 6) is 5.67. The van der Waals surface area contributed by atoms with Crippen molar-refractivity contribution in [3.8, 4) is 5.75 Å². The second kappa shape index (κ2) is 2.15. The Bertz CT molecular complexity index is 173. The number of nitrogens with two attached hydrogens (primary N) is 1. The highest BCUT2D eigenvalue weighted by molar-refractivity contribution is 7.08. The predicted octanol–water partition coefficient (Wildman–Crippen LogP) is 1.31. The van der Waals surface area contributed by atoms with Crippen LogP contribution in [0.15, 0.2) is 10.8 Å². The fraction of sp³-hybridized carbons (Fsp3) is 0.200. The third-order valence-corrected chi connectivity index (χ3v) is 1.78. The molecule has 0 atom stereocenters. The Labute approximate surface area is 51.8 Å². The molecule has 1 aromatic rings. The molecule has 1 heterocycles. The van der Waals surface area contributed by atoms with Crippen molar-refractivity contribution in [1.29, 1.82) is 0 Å². The van der Waals surface area contributed by atoms with Gasteiger partial charge >= 0.3 is 0 Å². The zero-order valence-corrected chi connectivity index (χ0v) is 5.37. The quantitative estimate of drug-likeness (QED) is 0.580. The van der Waals surface area contributed by atoms with Gasteiger partial charge in [0, 0.05) is 10.9 Å². The Balaban J connectivity index is 2.92. The summed E-state index contributed by atoms with van der Waals surface area (Å²) in [5, 5.41) is 3.86. The lowest BCUT2D eigenvalue weighted by molar-refractivity contribution is 0.334. The monoisotopic (exact) mass is 129 g/mol. The Morgan fingerprint density at radius 3 is 2.62 bits per heavy atom. The molecule has 2 N–H and O–H groups in total. The highest BCUT2D eigenvalue weighted by Gasteiger charge is 1.95. The fourth-order valence-electron chi connectivity index (χ4n) is 0.470. The smallest absolute Gasteiger partial charge is 0.160 e. The molecule has 0 aromatic carbocycles. The second-order valence-electron chi connectivity index (χ2n) is 1.54. The van der Waals surface area contributed by atoms with Crippen LogP contribution in [0.1, 0.15) is 5.56 Å². The maximum Gasteiger partial charge on any atom is 0.160 e. The SMILES string of the molecule is Cc1cscc1ON. The zero-order chi connectivity index (χ0) is 5.98. The van der Waals surface area contributed by atoms with Gasteiger partial charge in [-0.25, -0.2) is 0 Å². The molecule has 0 aliphatic heterocycles. The summed E-state index contributed by atoms with van der Waals surface area (Å²) in [6.45, 7) is 1.96. The molecule has 0 fully saturated rings. The molecule has 0 aliphatic carbocycles. The molecular formula is C5H7NOS. The highest BCUT2D eigenvalue weighted by atomic mass is 32.1. The van der Waals surface area contributed by atoms with Crippen molar-refractivity contribution in [2.75, 3.05) is 0 Å². The van der Waals surface area contributed by atoms with Gasteiger partial charge in [-0.15, -0.1) is 11.3 Å². The Morgan fingerprint density at radius 1 is 1.62 bits per heavy atom. The Hall–Kier alpha value is -0.540. The van der Waals surface area contributed by atoms with E-state index in [0.29, 0.717) is 0 Å². The molecule has 0 radical (unpaired) electrons. The summed E-state index contributed by atoms with van der Waals surface area (Å²) in [4.78, 5) is 4.50. The number of hydrogen-bond acceptors (Lipinski definition) is 3. The lowest BCUT2D eigenvalue weighted by atomic mass is 10.4. The van der Waals surface area contributed by atoms with E-state index in [1.807, 2.05) is 17.7 Å². The summed E-state index contributed by atoms with van der Waals surface area (Å²) < 4.78 is 0. The van der Waals surface area contributed by atoms with Gasteiger partial charge in [-0.05, 0) is 12.3 Å². The van der Waals surface area contributed by atoms with Gasteiger partial charge in [0.15, 0.2) is 5.75 Å². The molecule has 44 valence electrons. The summed E-state index contributed by atoms with van der Waals surface area (Å²) >= 11 is 1.59. The van der Waals surface area contributed by atoms with Gasteiger partial charge in [0.2, 0.25) is 0 Å². The Kier molecular flexibility index (Phi) is 1.50. The van der Waals surface area contributed by atoms with E-state index in [1.54, 1.807) is 11.3 Å². The Morgan fingerprint density at radius 2 is 2.38 bits per heavy atom. The minimum atomic E-state index is 0.773. The lowest BCUT2D eigenvalue weighted by Crippen LogP contribution is -2.01. The maximum atomic E-state index is 4.90. The number of thiophene rings is 1. The first-order valence-corrected chi connectivity index (χ1v) is 3.18. The van der Waals surface area contributed by atoms with Gasteiger partial charge in [-0.3, -0.25) is 0 Å². The summed E-state index contributed by atoms with van der Waals surface area (Å²) in [6.07, 6.45) is 0. The molecule has 1 aromatic heterocycles. The maximum absolute atomic E-state index is 4.90. The van der Waals surface area contributed by atoms with Crippen LogP contribution in [0.4, 0.5) is 0 Å². The van der Waals surface area contributed by atoms with Gasteiger partial charge in [-0.2, -0.15) is 5.90 Å². The first kappa shape index (κ1) is 5.59. The predicted molar refractivity (Wildman–Crippen MR) is 33.9 cm³/mol. The van der Waals surface area contributed by atoms with E-state index in [-0.39, 0.29) is 0 Å². The van der Waals surface area contributed by atoms with Crippen molar-refractivity contribution in [1.82, 2.24) is 0 Å². The van der Waals surface area contributed by atoms with E-state index >= 15 is 0 Å². The van der Waals surface area contributed by atoms with Crippen LogP contribution in [0.25, 0.3) is 0 Å². The molecule has 1 rings (SSSR count). The average Bonchev–Trinajstić information content (AvgIpc) is 2.14. The van der Waals surface area contributed by atoms with Gasteiger partial charge in [0.25, 0.3) is 0 Å². The minimum absolute atomic E-state index is 0.773. The number of aryl methyl sites for hydroxylation is 1. The summed E-state index contributed by atoms with van der Waals surface area (Å²) in [7, 11) is 0. The van der Waals surface area contributed by atoms with Crippen LogP contribution in [0, 0.1) is 6.92 Å². The molecule has 0 saturated carbocycles. The number of hydrogen-bond donors (Lipinski definition) is 1. The van der Waals surface area contributed by atoms with Gasteiger partial charge < -0.3 is 4.84 Å². The van der Waals surface area contributed by atoms with E-state index < -0.39 is 0 Å². The van der Waals surface area contributed by atoms with Crippen molar-refractivity contribution >= 4 is 11.3 Å². The molecule has 0 saturated heterocycles. The summed E-state index contributed by atoms with van der Waals surface area (Å²) in [6, 6.07) is 0. The van der Waals surface area contributed by atoms with E-state index in [1.165, 1.54) is 0 Å². The van der Waals surface area contributed by atoms with Crippen molar-refractivity contribution in [3.05, 3.63) is 16.3 Å². The average molecular weight is 129 g/mol. The van der Waals surface area contributed by atoms with Crippen molar-refractivity contribution in [2.45, 2.75) is 6.92 Å². The van der Waals surface area contributed by atoms with Crippen LogP contribution in [0.3, 0.4) is 0 Å². The minimum Gasteiger partial charge on any atom is -0.410 e. The number of rotatable bonds is 1. The lowest BCUT2D eigenvalue weighted by Gasteiger charge is -1.91. The molecule has 3 heteroatoms. The first-order valence-electron chi connectivity index (χ1n) is 2.24. The van der Waals surface area contributed by atoms with Crippen LogP contribution in [0.5, 0.6) is 5.75 Å². The molecule has 0 aliphatic rings. The molecule has 0 bridgehead atoms. The standard InChI is InChI=1S/C5H7NOS/c1-4-2-8-3-5(4)7-6/h2-3H,6H2,1H3. The van der Waals surface area contributed by atoms with Crippen molar-refractivity contribution in [2.24, 2.45) is 5.90 Å². The van der Waals surface area contributed by atoms with Crippen LogP contribution >= 0.6 is 11.3 Å². The van der Waals surface area contributed by atoms with Gasteiger partial charge in [0.1, 0.15) is 0 Å². The normalized spacial score (nSPS) is 9.25. The molecule has 0 unspecified atom stereocenters. The van der Waals surface area contributed by atoms with E-state index in [9.17, 15) is 0 Å². The molecular weight excluding hydrogens is 122 g/mol. The third kappa shape index (κ3) is 0.827. The van der Waals surface area contributed by atoms with Crippen LogP contribution < -0.4 is 10.7 Å². The summed E-state index contributed by atoms with van der Waals surface area (Å²) in [5.41, 5.74) is 1.09. The highest BCUT2D eigenvalue weighted by Crippen LogP contribution is 2.20. The van der Waals surface area contributed by atoms with E-state index in [4.69, 9.17) is 5.90 Å². The molecule has 8 heavy (non-hydrogen) atoms. The van der Waals surface area contributed by atoms with Crippen molar-refractivity contribution < 1.29 is 4.84 Å². The zero-order valence-electron chi connectivity index (χ0n) is 4.55. The van der Waals surface area contributed by atoms with Gasteiger partial charge in [-0.1, -0.05) is 0 Å². The van der Waals surface area contributed by atoms with Crippen LogP contribution in [0.2, 0.25) is 0 Å². The third-order valence-electron chi connectivity index (χ3n) is 0.936. The molecule has 2 nitrogen and oxygen atoms in total. The largest absolute Gasteiger partial charge is 0.410 e. The van der Waals surface area contributed by atoms with Crippen LogP contribution in [-0.4, -0.2) is 0 Å². The van der Waals surface area contributed by atoms with Crippen LogP contribution in [-0.2, 0) is 0 Å². The fourth-order valence-corrected chi connectivity index (χ4v) is 1.22. The second-order valence-corrected chi connectivity index (χ2v) is 2.28. The topological polar surface area (TPSA) is 35.2 Å². The van der Waals surface area contributed by atoms with Gasteiger partial charge in [0.05, 0.1) is 0 Å². The molecule has 0 amide bonds. The van der Waals surface area contributed by atoms with E-state index in [2.05, 4.69) is 4.84 Å². The molecule has 0 spiro atoms.